The predicted octanol–water partition coefficient (Wildman–Crippen LogP) is 4.03. The molecule has 20 heavy (non-hydrogen) atoms. The Balaban J connectivity index is 2.33. The second-order valence-electron chi connectivity index (χ2n) is 6.54. The molecular weight excluding hydrogens is 246 g/mol. The number of nitrogens with two attached hydrogens (primary N) is 1. The van der Waals surface area contributed by atoms with Gasteiger partial charge in [-0.25, -0.2) is 0 Å². The van der Waals surface area contributed by atoms with Crippen molar-refractivity contribution in [2.75, 3.05) is 6.54 Å². The summed E-state index contributed by atoms with van der Waals surface area (Å²) in [6, 6.07) is 6.26. The minimum atomic E-state index is -0.424. The molecule has 0 saturated heterocycles. The molecular formula is C18H29NO. The van der Waals surface area contributed by atoms with Crippen LogP contribution in [0.2, 0.25) is 0 Å². The van der Waals surface area contributed by atoms with Crippen molar-refractivity contribution < 1.29 is 5.11 Å². The second kappa shape index (κ2) is 6.73. The molecule has 0 heterocycles. The Kier molecular flexibility index (Phi) is 5.22. The van der Waals surface area contributed by atoms with E-state index in [1.54, 1.807) is 0 Å². The molecule has 0 aromatic heterocycles. The number of benzene rings is 1. The molecule has 1 fully saturated rings. The first-order chi connectivity index (χ1) is 9.60. The van der Waals surface area contributed by atoms with Gasteiger partial charge in [-0.3, -0.25) is 0 Å². The fraction of sp³-hybridized carbons (Fsp3) is 0.667. The zero-order valence-corrected chi connectivity index (χ0v) is 13.0. The number of rotatable bonds is 3. The average Bonchev–Trinajstić information content (AvgIpc) is 2.39. The lowest BCUT2D eigenvalue weighted by molar-refractivity contribution is 0.00766. The van der Waals surface area contributed by atoms with Gasteiger partial charge in [0, 0.05) is 12.0 Å². The Morgan fingerprint density at radius 1 is 1.05 bits per heavy atom. The van der Waals surface area contributed by atoms with Crippen LogP contribution in [0.4, 0.5) is 0 Å². The Morgan fingerprint density at radius 2 is 1.55 bits per heavy atom. The Labute approximate surface area is 123 Å². The van der Waals surface area contributed by atoms with Crippen LogP contribution in [0, 0.1) is 19.3 Å². The van der Waals surface area contributed by atoms with E-state index >= 15 is 0 Å². The molecule has 1 aromatic rings. The van der Waals surface area contributed by atoms with E-state index in [9.17, 15) is 5.11 Å². The third-order valence-corrected chi connectivity index (χ3v) is 5.15. The van der Waals surface area contributed by atoms with Crippen molar-refractivity contribution in [2.45, 2.75) is 64.9 Å². The Morgan fingerprint density at radius 3 is 2.05 bits per heavy atom. The molecule has 1 aliphatic rings. The molecule has 1 atom stereocenters. The first kappa shape index (κ1) is 15.5. The molecule has 0 spiro atoms. The lowest BCUT2D eigenvalue weighted by Gasteiger charge is -2.40. The molecule has 3 N–H and O–H groups in total. The summed E-state index contributed by atoms with van der Waals surface area (Å²) in [5.41, 5.74) is 9.49. The number of hydrogen-bond donors (Lipinski definition) is 2. The van der Waals surface area contributed by atoms with E-state index in [0.717, 1.165) is 18.4 Å². The van der Waals surface area contributed by atoms with Crippen LogP contribution in [-0.2, 0) is 0 Å². The molecule has 0 bridgehead atoms. The summed E-state index contributed by atoms with van der Waals surface area (Å²) < 4.78 is 0. The fourth-order valence-electron chi connectivity index (χ4n) is 3.76. The highest BCUT2D eigenvalue weighted by atomic mass is 16.3. The van der Waals surface area contributed by atoms with E-state index < -0.39 is 6.10 Å². The SMILES string of the molecule is Cc1cccc(C)c1C(O)C1(CN)CCCCCCC1. The van der Waals surface area contributed by atoms with Crippen LogP contribution in [0.5, 0.6) is 0 Å². The third-order valence-electron chi connectivity index (χ3n) is 5.15. The molecule has 1 saturated carbocycles. The smallest absolute Gasteiger partial charge is 0.0863 e. The minimum absolute atomic E-state index is 0.128. The summed E-state index contributed by atoms with van der Waals surface area (Å²) in [7, 11) is 0. The van der Waals surface area contributed by atoms with Crippen molar-refractivity contribution in [1.82, 2.24) is 0 Å². The molecule has 2 heteroatoms. The number of aliphatic hydroxyl groups is 1. The lowest BCUT2D eigenvalue weighted by Crippen LogP contribution is -2.38. The van der Waals surface area contributed by atoms with Crippen molar-refractivity contribution >= 4 is 0 Å². The standard InChI is InChI=1S/C18H29NO/c1-14-9-8-10-15(2)16(14)17(20)18(13-19)11-6-4-3-5-7-12-18/h8-10,17,20H,3-7,11-13,19H2,1-2H3. The molecule has 0 aliphatic heterocycles. The first-order valence-electron chi connectivity index (χ1n) is 8.05. The van der Waals surface area contributed by atoms with Crippen molar-refractivity contribution in [3.63, 3.8) is 0 Å². The number of aliphatic hydroxyl groups excluding tert-OH is 1. The summed E-state index contributed by atoms with van der Waals surface area (Å²) in [5, 5.41) is 11.1. The molecule has 1 aliphatic carbocycles. The van der Waals surface area contributed by atoms with Crippen LogP contribution in [0.25, 0.3) is 0 Å². The van der Waals surface area contributed by atoms with Gasteiger partial charge in [0.2, 0.25) is 0 Å². The highest BCUT2D eigenvalue weighted by Crippen LogP contribution is 2.45. The quantitative estimate of drug-likeness (QED) is 0.875. The largest absolute Gasteiger partial charge is 0.388 e. The highest BCUT2D eigenvalue weighted by Gasteiger charge is 2.38. The van der Waals surface area contributed by atoms with Crippen molar-refractivity contribution in [1.29, 1.82) is 0 Å². The van der Waals surface area contributed by atoms with Gasteiger partial charge in [-0.1, -0.05) is 50.3 Å². The van der Waals surface area contributed by atoms with Crippen molar-refractivity contribution in [3.05, 3.63) is 34.9 Å². The summed E-state index contributed by atoms with van der Waals surface area (Å²) in [6.07, 6.45) is 7.96. The fourth-order valence-corrected chi connectivity index (χ4v) is 3.76. The first-order valence-corrected chi connectivity index (χ1v) is 8.05. The maximum Gasteiger partial charge on any atom is 0.0863 e. The summed E-state index contributed by atoms with van der Waals surface area (Å²) in [4.78, 5) is 0. The summed E-state index contributed by atoms with van der Waals surface area (Å²) in [6.45, 7) is 4.78. The number of hydrogen-bond acceptors (Lipinski definition) is 2. The molecule has 112 valence electrons. The molecule has 2 nitrogen and oxygen atoms in total. The van der Waals surface area contributed by atoms with Gasteiger partial charge in [0.1, 0.15) is 0 Å². The van der Waals surface area contributed by atoms with E-state index in [1.165, 1.54) is 43.2 Å². The lowest BCUT2D eigenvalue weighted by atomic mass is 9.69. The van der Waals surface area contributed by atoms with Gasteiger partial charge in [-0.2, -0.15) is 0 Å². The molecule has 0 radical (unpaired) electrons. The normalized spacial score (nSPS) is 21.0. The van der Waals surface area contributed by atoms with E-state index in [0.29, 0.717) is 6.54 Å². The Bertz CT molecular complexity index is 413. The van der Waals surface area contributed by atoms with Crippen LogP contribution < -0.4 is 5.73 Å². The second-order valence-corrected chi connectivity index (χ2v) is 6.54. The van der Waals surface area contributed by atoms with Crippen molar-refractivity contribution in [2.24, 2.45) is 11.1 Å². The van der Waals surface area contributed by atoms with E-state index in [1.807, 2.05) is 0 Å². The summed E-state index contributed by atoms with van der Waals surface area (Å²) >= 11 is 0. The van der Waals surface area contributed by atoms with Crippen LogP contribution in [0.3, 0.4) is 0 Å². The van der Waals surface area contributed by atoms with E-state index in [-0.39, 0.29) is 5.41 Å². The zero-order chi connectivity index (χ0) is 14.6. The number of aryl methyl sites for hydroxylation is 2. The molecule has 2 rings (SSSR count). The van der Waals surface area contributed by atoms with Crippen LogP contribution in [0.1, 0.15) is 67.7 Å². The average molecular weight is 275 g/mol. The van der Waals surface area contributed by atoms with Gasteiger partial charge in [0.05, 0.1) is 6.10 Å². The highest BCUT2D eigenvalue weighted by molar-refractivity contribution is 5.36. The van der Waals surface area contributed by atoms with Crippen LogP contribution in [0.15, 0.2) is 18.2 Å². The van der Waals surface area contributed by atoms with Gasteiger partial charge < -0.3 is 10.8 Å². The van der Waals surface area contributed by atoms with Crippen molar-refractivity contribution in [3.8, 4) is 0 Å². The summed E-state index contributed by atoms with van der Waals surface area (Å²) in [5.74, 6) is 0. The molecule has 1 aromatic carbocycles. The van der Waals surface area contributed by atoms with Crippen LogP contribution >= 0.6 is 0 Å². The Hall–Kier alpha value is -0.860. The predicted molar refractivity (Wildman–Crippen MR) is 84.7 cm³/mol. The maximum atomic E-state index is 11.1. The monoisotopic (exact) mass is 275 g/mol. The van der Waals surface area contributed by atoms with Gasteiger partial charge >= 0.3 is 0 Å². The van der Waals surface area contributed by atoms with Gasteiger partial charge in [0.25, 0.3) is 0 Å². The molecule has 1 unspecified atom stereocenters. The maximum absolute atomic E-state index is 11.1. The molecule has 0 amide bonds. The third kappa shape index (κ3) is 3.07. The zero-order valence-electron chi connectivity index (χ0n) is 13.0. The minimum Gasteiger partial charge on any atom is -0.388 e. The van der Waals surface area contributed by atoms with Gasteiger partial charge in [0.15, 0.2) is 0 Å². The van der Waals surface area contributed by atoms with Gasteiger partial charge in [-0.05, 0) is 43.4 Å². The topological polar surface area (TPSA) is 46.2 Å². The van der Waals surface area contributed by atoms with E-state index in [4.69, 9.17) is 5.73 Å². The van der Waals surface area contributed by atoms with E-state index in [2.05, 4.69) is 32.0 Å². The van der Waals surface area contributed by atoms with Gasteiger partial charge in [-0.15, -0.1) is 0 Å². The van der Waals surface area contributed by atoms with Crippen LogP contribution in [-0.4, -0.2) is 11.7 Å².